The lowest BCUT2D eigenvalue weighted by atomic mass is 9.89. The smallest absolute Gasteiger partial charge is 0.244 e. The van der Waals surface area contributed by atoms with E-state index in [4.69, 9.17) is 4.74 Å². The molecule has 0 aromatic heterocycles. The van der Waals surface area contributed by atoms with Gasteiger partial charge in [-0.3, -0.25) is 0 Å². The first-order valence-corrected chi connectivity index (χ1v) is 9.86. The van der Waals surface area contributed by atoms with Gasteiger partial charge in [-0.05, 0) is 67.5 Å². The largest absolute Gasteiger partial charge is 0.495 e. The molecule has 25 heavy (non-hydrogen) atoms. The van der Waals surface area contributed by atoms with Crippen LogP contribution in [0.25, 0.3) is 0 Å². The zero-order chi connectivity index (χ0) is 18.0. The third-order valence-corrected chi connectivity index (χ3v) is 6.18. The number of hydrogen-bond acceptors (Lipinski definition) is 3. The number of benzene rings is 2. The lowest BCUT2D eigenvalue weighted by Gasteiger charge is -2.20. The average Bonchev–Trinajstić information content (AvgIpc) is 2.61. The minimum atomic E-state index is -3.91. The van der Waals surface area contributed by atoms with Gasteiger partial charge in [0.15, 0.2) is 0 Å². The molecule has 6 heteroatoms. The average molecular weight is 363 g/mol. The maximum atomic E-state index is 13.5. The van der Waals surface area contributed by atoms with Crippen molar-refractivity contribution in [2.24, 2.45) is 0 Å². The number of aryl methyl sites for hydroxylation is 2. The van der Waals surface area contributed by atoms with Gasteiger partial charge in [0.1, 0.15) is 16.5 Å². The maximum absolute atomic E-state index is 13.5. The summed E-state index contributed by atoms with van der Waals surface area (Å²) in [5.74, 6) is -0.505. The van der Waals surface area contributed by atoms with Crippen LogP contribution in [0.4, 0.5) is 4.39 Å². The molecule has 4 nitrogen and oxygen atoms in total. The molecular weight excluding hydrogens is 341 g/mol. The van der Waals surface area contributed by atoms with Gasteiger partial charge < -0.3 is 4.74 Å². The summed E-state index contributed by atoms with van der Waals surface area (Å²) in [4.78, 5) is -0.195. The van der Waals surface area contributed by atoms with Crippen LogP contribution in [0.15, 0.2) is 41.3 Å². The fourth-order valence-electron chi connectivity index (χ4n) is 3.25. The van der Waals surface area contributed by atoms with Crippen LogP contribution in [-0.2, 0) is 22.9 Å². The molecule has 0 saturated carbocycles. The van der Waals surface area contributed by atoms with Crippen LogP contribution in [0.3, 0.4) is 0 Å². The molecule has 0 unspecified atom stereocenters. The quantitative estimate of drug-likeness (QED) is 0.880. The highest BCUT2D eigenvalue weighted by Crippen LogP contribution is 2.28. The first-order chi connectivity index (χ1) is 11.9. The Labute approximate surface area is 148 Å². The first kappa shape index (κ1) is 17.9. The molecule has 3 rings (SSSR count). The molecule has 0 bridgehead atoms. The Bertz CT molecular complexity index is 880. The van der Waals surface area contributed by atoms with Crippen LogP contribution in [-0.4, -0.2) is 15.5 Å². The van der Waals surface area contributed by atoms with E-state index in [9.17, 15) is 12.8 Å². The van der Waals surface area contributed by atoms with E-state index in [1.807, 2.05) is 6.07 Å². The fraction of sp³-hybridized carbons (Fsp3) is 0.368. The molecule has 0 aliphatic heterocycles. The highest BCUT2D eigenvalue weighted by molar-refractivity contribution is 7.89. The van der Waals surface area contributed by atoms with Gasteiger partial charge in [-0.15, -0.1) is 0 Å². The summed E-state index contributed by atoms with van der Waals surface area (Å²) in [5, 5.41) is 0. The van der Waals surface area contributed by atoms with Gasteiger partial charge in [-0.2, -0.15) is 0 Å². The molecule has 1 N–H and O–H groups in total. The second-order valence-electron chi connectivity index (χ2n) is 6.37. The normalized spacial score (nSPS) is 15.5. The van der Waals surface area contributed by atoms with E-state index in [-0.39, 0.29) is 10.6 Å². The maximum Gasteiger partial charge on any atom is 0.244 e. The Morgan fingerprint density at radius 2 is 1.80 bits per heavy atom. The summed E-state index contributed by atoms with van der Waals surface area (Å²) in [6, 6.07) is 9.14. The van der Waals surface area contributed by atoms with Crippen LogP contribution in [0.5, 0.6) is 5.75 Å². The second-order valence-corrected chi connectivity index (χ2v) is 8.06. The molecule has 0 radical (unpaired) electrons. The van der Waals surface area contributed by atoms with Crippen molar-refractivity contribution >= 4 is 10.0 Å². The molecular formula is C19H22FNO3S. The molecule has 1 aliphatic carbocycles. The number of halogens is 1. The Balaban J connectivity index is 1.87. The van der Waals surface area contributed by atoms with E-state index >= 15 is 0 Å². The molecule has 1 aliphatic rings. The van der Waals surface area contributed by atoms with E-state index in [2.05, 4.69) is 16.9 Å². The van der Waals surface area contributed by atoms with Gasteiger partial charge in [0, 0.05) is 6.04 Å². The third-order valence-electron chi connectivity index (χ3n) is 4.62. The number of fused-ring (bicyclic) bond motifs is 1. The van der Waals surface area contributed by atoms with Gasteiger partial charge in [-0.1, -0.05) is 18.2 Å². The number of nitrogens with one attached hydrogen (secondary N) is 1. The van der Waals surface area contributed by atoms with Gasteiger partial charge in [0.2, 0.25) is 10.0 Å². The topological polar surface area (TPSA) is 55.4 Å². The van der Waals surface area contributed by atoms with Crippen LogP contribution in [0.2, 0.25) is 0 Å². The van der Waals surface area contributed by atoms with E-state index in [0.29, 0.717) is 0 Å². The zero-order valence-corrected chi connectivity index (χ0v) is 15.2. The molecule has 0 fully saturated rings. The van der Waals surface area contributed by atoms with Crippen LogP contribution < -0.4 is 9.46 Å². The van der Waals surface area contributed by atoms with Gasteiger partial charge in [-0.25, -0.2) is 17.5 Å². The highest BCUT2D eigenvalue weighted by atomic mass is 32.2. The minimum absolute atomic E-state index is 0.117. The molecule has 0 spiro atoms. The SMILES string of the molecule is COc1ccc(F)cc1S(=O)(=O)N[C@@H](C)c1ccc2c(c1)CCCC2. The molecule has 1 atom stereocenters. The zero-order valence-electron chi connectivity index (χ0n) is 14.4. The predicted octanol–water partition coefficient (Wildman–Crippen LogP) is 3.75. The van der Waals surface area contributed by atoms with Gasteiger partial charge in [0.05, 0.1) is 7.11 Å². The molecule has 0 saturated heterocycles. The van der Waals surface area contributed by atoms with Crippen molar-refractivity contribution in [3.8, 4) is 5.75 Å². The number of rotatable bonds is 5. The third kappa shape index (κ3) is 3.85. The summed E-state index contributed by atoms with van der Waals surface area (Å²) in [5.41, 5.74) is 3.54. The van der Waals surface area contributed by atoms with Crippen LogP contribution >= 0.6 is 0 Å². The molecule has 134 valence electrons. The van der Waals surface area contributed by atoms with E-state index in [1.54, 1.807) is 6.92 Å². The molecule has 2 aromatic rings. The highest BCUT2D eigenvalue weighted by Gasteiger charge is 2.23. The van der Waals surface area contributed by atoms with Crippen molar-refractivity contribution in [2.75, 3.05) is 7.11 Å². The van der Waals surface area contributed by atoms with E-state index in [0.717, 1.165) is 30.9 Å². The summed E-state index contributed by atoms with van der Waals surface area (Å²) in [6.07, 6.45) is 4.47. The first-order valence-electron chi connectivity index (χ1n) is 8.38. The monoisotopic (exact) mass is 363 g/mol. The van der Waals surface area contributed by atoms with Gasteiger partial charge >= 0.3 is 0 Å². The Hall–Kier alpha value is -1.92. The van der Waals surface area contributed by atoms with Crippen molar-refractivity contribution in [3.63, 3.8) is 0 Å². The summed E-state index contributed by atoms with van der Waals surface area (Å²) >= 11 is 0. The Kier molecular flexibility index (Phi) is 5.11. The standard InChI is InChI=1S/C19H22FNO3S/c1-13(15-8-7-14-5-3-4-6-16(14)11-15)21-25(22,23)19-12-17(20)9-10-18(19)24-2/h7-13,21H,3-6H2,1-2H3/t13-/m0/s1. The number of methoxy groups -OCH3 is 1. The fourth-order valence-corrected chi connectivity index (χ4v) is 4.66. The van der Waals surface area contributed by atoms with Crippen molar-refractivity contribution in [3.05, 3.63) is 58.9 Å². The predicted molar refractivity (Wildman–Crippen MR) is 94.8 cm³/mol. The molecule has 0 heterocycles. The minimum Gasteiger partial charge on any atom is -0.495 e. The van der Waals surface area contributed by atoms with Crippen molar-refractivity contribution < 1.29 is 17.5 Å². The summed E-state index contributed by atoms with van der Waals surface area (Å²) in [6.45, 7) is 1.79. The van der Waals surface area contributed by atoms with Crippen molar-refractivity contribution in [1.82, 2.24) is 4.72 Å². The van der Waals surface area contributed by atoms with Crippen molar-refractivity contribution in [2.45, 2.75) is 43.5 Å². The molecule has 0 amide bonds. The second kappa shape index (κ2) is 7.14. The van der Waals surface area contributed by atoms with E-state index in [1.165, 1.54) is 36.8 Å². The number of hydrogen-bond donors (Lipinski definition) is 1. The lowest BCUT2D eigenvalue weighted by Crippen LogP contribution is -2.27. The van der Waals surface area contributed by atoms with E-state index < -0.39 is 21.9 Å². The number of ether oxygens (including phenoxy) is 1. The summed E-state index contributed by atoms with van der Waals surface area (Å²) in [7, 11) is -2.55. The Morgan fingerprint density at radius 1 is 1.08 bits per heavy atom. The molecule has 2 aromatic carbocycles. The van der Waals surface area contributed by atoms with Crippen LogP contribution in [0.1, 0.15) is 42.5 Å². The lowest BCUT2D eigenvalue weighted by molar-refractivity contribution is 0.400. The van der Waals surface area contributed by atoms with Gasteiger partial charge in [0.25, 0.3) is 0 Å². The number of sulfonamides is 1. The summed E-state index contributed by atoms with van der Waals surface area (Å²) < 4.78 is 46.6. The Morgan fingerprint density at radius 3 is 2.52 bits per heavy atom. The van der Waals surface area contributed by atoms with Crippen molar-refractivity contribution in [1.29, 1.82) is 0 Å². The van der Waals surface area contributed by atoms with Crippen LogP contribution in [0, 0.1) is 5.82 Å².